The third kappa shape index (κ3) is 13.4. The summed E-state index contributed by atoms with van der Waals surface area (Å²) < 4.78 is 16.1. The van der Waals surface area contributed by atoms with E-state index in [4.69, 9.17) is 14.2 Å². The zero-order valence-corrected chi connectivity index (χ0v) is 16.1. The molecule has 0 aliphatic rings. The number of nitroso groups, excluding NO2 is 4. The summed E-state index contributed by atoms with van der Waals surface area (Å²) in [6, 6.07) is 0. The van der Waals surface area contributed by atoms with Crippen LogP contribution in [0, 0.1) is 19.6 Å². The molecule has 0 radical (unpaired) electrons. The van der Waals surface area contributed by atoms with E-state index in [2.05, 4.69) is 26.0 Å². The molecule has 0 aliphatic carbocycles. The SMILES string of the molecule is O=NCCNC(COCCC(=O)N=O)(COCCC(=O)N=O)COCCC(=O)N=O. The first kappa shape index (κ1) is 27.2. The molecule has 0 fully saturated rings. The third-order valence-electron chi connectivity index (χ3n) is 3.52. The van der Waals surface area contributed by atoms with Gasteiger partial charge in [-0.25, -0.2) is 0 Å². The first-order valence-corrected chi connectivity index (χ1v) is 8.79. The highest BCUT2D eigenvalue weighted by Gasteiger charge is 2.31. The first-order chi connectivity index (χ1) is 14.4. The molecule has 0 saturated heterocycles. The zero-order valence-electron chi connectivity index (χ0n) is 16.1. The molecule has 0 aromatic carbocycles. The number of carbonyl (C=O) groups is 3. The Morgan fingerprint density at radius 1 is 0.667 bits per heavy atom. The average Bonchev–Trinajstić information content (AvgIpc) is 2.76. The van der Waals surface area contributed by atoms with Crippen LogP contribution in [0.4, 0.5) is 0 Å². The van der Waals surface area contributed by atoms with Crippen LogP contribution in [0.5, 0.6) is 0 Å². The maximum Gasteiger partial charge on any atom is 0.288 e. The van der Waals surface area contributed by atoms with Crippen molar-refractivity contribution in [3.63, 3.8) is 0 Å². The minimum Gasteiger partial charge on any atom is -0.379 e. The van der Waals surface area contributed by atoms with Gasteiger partial charge in [0.25, 0.3) is 17.7 Å². The summed E-state index contributed by atoms with van der Waals surface area (Å²) in [6.45, 7) is -0.801. The Hall–Kier alpha value is -2.75. The molecule has 0 heterocycles. The highest BCUT2D eigenvalue weighted by atomic mass is 16.5. The Labute approximate surface area is 170 Å². The molecular formula is C15H23N5O10. The van der Waals surface area contributed by atoms with Gasteiger partial charge in [-0.3, -0.25) is 14.4 Å². The highest BCUT2D eigenvalue weighted by Crippen LogP contribution is 2.10. The molecule has 0 atom stereocenters. The molecule has 1 N–H and O–H groups in total. The highest BCUT2D eigenvalue weighted by molar-refractivity contribution is 5.77. The maximum atomic E-state index is 10.9. The van der Waals surface area contributed by atoms with Gasteiger partial charge >= 0.3 is 0 Å². The predicted octanol–water partition coefficient (Wildman–Crippen LogP) is 0.180. The topological polar surface area (TPSA) is 209 Å². The number of nitrogens with zero attached hydrogens (tertiary/aromatic N) is 4. The van der Waals surface area contributed by atoms with Crippen LogP contribution in [-0.4, -0.2) is 76.0 Å². The minimum absolute atomic E-state index is 0.0953. The largest absolute Gasteiger partial charge is 0.379 e. The van der Waals surface area contributed by atoms with Gasteiger partial charge in [-0.2, -0.15) is 4.91 Å². The van der Waals surface area contributed by atoms with Crippen molar-refractivity contribution in [3.05, 3.63) is 19.6 Å². The van der Waals surface area contributed by atoms with E-state index in [1.165, 1.54) is 0 Å². The Morgan fingerprint density at radius 2 is 1.03 bits per heavy atom. The molecule has 0 saturated carbocycles. The lowest BCUT2D eigenvalue weighted by Crippen LogP contribution is -2.57. The number of hydrogen-bond acceptors (Lipinski definition) is 12. The number of carbonyl (C=O) groups excluding carboxylic acids is 3. The van der Waals surface area contributed by atoms with E-state index in [9.17, 15) is 34.0 Å². The van der Waals surface area contributed by atoms with Gasteiger partial charge in [0.1, 0.15) is 0 Å². The third-order valence-corrected chi connectivity index (χ3v) is 3.52. The standard InChI is InChI=1S/C15H23N5O10/c21-12(18-25)1-6-28-9-15(16-4-5-17-24,10-29-7-2-13(22)19-26)11-30-8-3-14(23)20-27/h16H,1-11H2. The molecule has 0 rings (SSSR count). The van der Waals surface area contributed by atoms with Gasteiger partial charge in [0.2, 0.25) is 0 Å². The van der Waals surface area contributed by atoms with Crippen LogP contribution in [0.2, 0.25) is 0 Å². The van der Waals surface area contributed by atoms with E-state index in [-0.39, 0.29) is 72.0 Å². The van der Waals surface area contributed by atoms with Crippen LogP contribution in [-0.2, 0) is 28.6 Å². The smallest absolute Gasteiger partial charge is 0.288 e. The van der Waals surface area contributed by atoms with Crippen molar-refractivity contribution in [2.75, 3.05) is 52.7 Å². The van der Waals surface area contributed by atoms with Crippen LogP contribution in [0.25, 0.3) is 0 Å². The lowest BCUT2D eigenvalue weighted by atomic mass is 10.0. The Bertz CT molecular complexity index is 531. The van der Waals surface area contributed by atoms with Gasteiger partial charge in [0, 0.05) is 22.1 Å². The second-order valence-electron chi connectivity index (χ2n) is 5.92. The number of rotatable bonds is 19. The summed E-state index contributed by atoms with van der Waals surface area (Å²) in [5.41, 5.74) is -1.11. The van der Waals surface area contributed by atoms with Crippen molar-refractivity contribution in [1.29, 1.82) is 0 Å². The zero-order chi connectivity index (χ0) is 22.7. The van der Waals surface area contributed by atoms with Gasteiger partial charge in [-0.15, -0.1) is 14.7 Å². The summed E-state index contributed by atoms with van der Waals surface area (Å²) in [7, 11) is 0. The maximum absolute atomic E-state index is 10.9. The lowest BCUT2D eigenvalue weighted by Gasteiger charge is -2.34. The van der Waals surface area contributed by atoms with E-state index in [1.807, 2.05) is 0 Å². The van der Waals surface area contributed by atoms with Gasteiger partial charge in [0.15, 0.2) is 0 Å². The summed E-state index contributed by atoms with van der Waals surface area (Å²) in [5, 5.41) is 12.4. The molecule has 0 aromatic heterocycles. The molecular weight excluding hydrogens is 410 g/mol. The van der Waals surface area contributed by atoms with E-state index >= 15 is 0 Å². The Kier molecular flexibility index (Phi) is 15.6. The number of amides is 3. The van der Waals surface area contributed by atoms with Gasteiger partial charge < -0.3 is 19.5 Å². The fourth-order valence-corrected chi connectivity index (χ4v) is 2.06. The monoisotopic (exact) mass is 433 g/mol. The second-order valence-corrected chi connectivity index (χ2v) is 5.92. The summed E-state index contributed by atoms with van der Waals surface area (Å²) in [5.74, 6) is -2.69. The van der Waals surface area contributed by atoms with Gasteiger partial charge in [-0.1, -0.05) is 5.18 Å². The van der Waals surface area contributed by atoms with Crippen molar-refractivity contribution in [1.82, 2.24) is 5.32 Å². The van der Waals surface area contributed by atoms with Crippen LogP contribution < -0.4 is 5.32 Å². The van der Waals surface area contributed by atoms with Gasteiger partial charge in [0.05, 0.1) is 71.0 Å². The van der Waals surface area contributed by atoms with Crippen molar-refractivity contribution >= 4 is 17.7 Å². The van der Waals surface area contributed by atoms with E-state index in [0.717, 1.165) is 0 Å². The molecule has 0 aromatic rings. The molecule has 0 unspecified atom stereocenters. The van der Waals surface area contributed by atoms with Crippen LogP contribution in [0.3, 0.4) is 0 Å². The van der Waals surface area contributed by atoms with Crippen molar-refractivity contribution in [3.8, 4) is 0 Å². The molecule has 15 nitrogen and oxygen atoms in total. The Balaban J connectivity index is 4.98. The number of hydrogen-bond donors (Lipinski definition) is 1. The van der Waals surface area contributed by atoms with E-state index in [0.29, 0.717) is 0 Å². The second kappa shape index (κ2) is 17.1. The number of ether oxygens (including phenoxy) is 3. The van der Waals surface area contributed by atoms with Crippen molar-refractivity contribution < 1.29 is 28.6 Å². The molecule has 0 aliphatic heterocycles. The molecule has 15 heteroatoms. The van der Waals surface area contributed by atoms with Gasteiger partial charge in [-0.05, 0) is 0 Å². The average molecular weight is 433 g/mol. The van der Waals surface area contributed by atoms with Crippen LogP contribution >= 0.6 is 0 Å². The molecule has 168 valence electrons. The normalized spacial score (nSPS) is 10.9. The van der Waals surface area contributed by atoms with E-state index < -0.39 is 23.3 Å². The fourth-order valence-electron chi connectivity index (χ4n) is 2.06. The Morgan fingerprint density at radius 3 is 1.33 bits per heavy atom. The predicted molar refractivity (Wildman–Crippen MR) is 100 cm³/mol. The summed E-state index contributed by atoms with van der Waals surface area (Å²) >= 11 is 0. The summed E-state index contributed by atoms with van der Waals surface area (Å²) in [4.78, 5) is 73.6. The molecule has 0 spiro atoms. The van der Waals surface area contributed by atoms with Crippen molar-refractivity contribution in [2.45, 2.75) is 24.8 Å². The van der Waals surface area contributed by atoms with Crippen molar-refractivity contribution in [2.24, 2.45) is 20.7 Å². The molecule has 0 bridgehead atoms. The minimum atomic E-state index is -1.11. The fraction of sp³-hybridized carbons (Fsp3) is 0.800. The molecule has 30 heavy (non-hydrogen) atoms. The van der Waals surface area contributed by atoms with E-state index in [1.54, 1.807) is 0 Å². The molecule has 3 amide bonds. The lowest BCUT2D eigenvalue weighted by molar-refractivity contribution is -0.119. The number of nitrogens with one attached hydrogen (secondary N) is 1. The van der Waals surface area contributed by atoms with Crippen LogP contribution in [0.1, 0.15) is 19.3 Å². The first-order valence-electron chi connectivity index (χ1n) is 8.79. The summed E-state index contributed by atoms with van der Waals surface area (Å²) in [6.07, 6.45) is -0.761. The quantitative estimate of drug-likeness (QED) is 0.214. The van der Waals surface area contributed by atoms with Crippen LogP contribution in [0.15, 0.2) is 20.7 Å².